The molecule has 10 heteroatoms. The zero-order valence-corrected chi connectivity index (χ0v) is 11.0. The van der Waals surface area contributed by atoms with E-state index in [1.54, 1.807) is 0 Å². The lowest BCUT2D eigenvalue weighted by molar-refractivity contribution is -0.0533. The van der Waals surface area contributed by atoms with Crippen LogP contribution in [0.5, 0.6) is 5.75 Å². The van der Waals surface area contributed by atoms with Gasteiger partial charge < -0.3 is 9.47 Å². The number of rotatable bonds is 4. The molecule has 0 N–H and O–H groups in total. The molecule has 0 amide bonds. The number of hydrogen-bond donors (Lipinski definition) is 0. The van der Waals surface area contributed by atoms with Gasteiger partial charge in [0.2, 0.25) is 0 Å². The van der Waals surface area contributed by atoms with Crippen LogP contribution in [-0.2, 0) is 4.74 Å². The summed E-state index contributed by atoms with van der Waals surface area (Å²) in [4.78, 5) is 10.5. The van der Waals surface area contributed by atoms with E-state index in [1.807, 2.05) is 0 Å². The van der Waals surface area contributed by atoms with Crippen molar-refractivity contribution in [2.45, 2.75) is 17.0 Å². The normalized spacial score (nSPS) is 11.1. The number of carbonyl (C=O) groups excluding carboxylic acids is 1. The molecule has 0 spiro atoms. The Hall–Kier alpha value is -2.02. The molecule has 0 radical (unpaired) electrons. The lowest BCUT2D eigenvalue weighted by atomic mass is 10.1. The Bertz CT molecular complexity index is 582. The summed E-state index contributed by atoms with van der Waals surface area (Å²) in [6.07, 6.45) is 0. The zero-order valence-electron chi connectivity index (χ0n) is 10.2. The first-order valence-corrected chi connectivity index (χ1v) is 5.87. The van der Waals surface area contributed by atoms with Crippen LogP contribution in [0.25, 0.3) is 0 Å². The van der Waals surface area contributed by atoms with Gasteiger partial charge in [0.15, 0.2) is 5.75 Å². The second-order valence-electron chi connectivity index (χ2n) is 3.35. The van der Waals surface area contributed by atoms with Gasteiger partial charge in [-0.25, -0.2) is 4.79 Å². The SMILES string of the molecule is COC(=O)c1ccc(C#N)c(SC(F)(F)F)c1OC(F)F. The number of esters is 1. The molecule has 0 heterocycles. The molecule has 21 heavy (non-hydrogen) atoms. The van der Waals surface area contributed by atoms with Crippen LogP contribution in [0, 0.1) is 11.3 Å². The van der Waals surface area contributed by atoms with Crippen molar-refractivity contribution in [3.63, 3.8) is 0 Å². The predicted octanol–water partition coefficient (Wildman–Crippen LogP) is 3.56. The summed E-state index contributed by atoms with van der Waals surface area (Å²) in [6, 6.07) is 3.18. The Morgan fingerprint density at radius 3 is 2.43 bits per heavy atom. The van der Waals surface area contributed by atoms with E-state index in [4.69, 9.17) is 5.26 Å². The first kappa shape index (κ1) is 17.0. The Morgan fingerprint density at radius 2 is 2.00 bits per heavy atom. The highest BCUT2D eigenvalue weighted by Gasteiger charge is 2.35. The maximum atomic E-state index is 12.5. The average Bonchev–Trinajstić information content (AvgIpc) is 2.37. The van der Waals surface area contributed by atoms with Crippen LogP contribution < -0.4 is 4.74 Å². The number of halogens is 5. The summed E-state index contributed by atoms with van der Waals surface area (Å²) in [5, 5.41) is 8.77. The monoisotopic (exact) mass is 327 g/mol. The molecule has 114 valence electrons. The average molecular weight is 327 g/mol. The number of alkyl halides is 5. The number of benzene rings is 1. The summed E-state index contributed by atoms with van der Waals surface area (Å²) >= 11 is -0.826. The van der Waals surface area contributed by atoms with Gasteiger partial charge in [0, 0.05) is 0 Å². The number of nitriles is 1. The number of thioether (sulfide) groups is 1. The van der Waals surface area contributed by atoms with Crippen LogP contribution in [0.2, 0.25) is 0 Å². The lowest BCUT2D eigenvalue weighted by Crippen LogP contribution is -2.12. The van der Waals surface area contributed by atoms with E-state index in [-0.39, 0.29) is 0 Å². The van der Waals surface area contributed by atoms with Gasteiger partial charge in [-0.05, 0) is 23.9 Å². The summed E-state index contributed by atoms with van der Waals surface area (Å²) in [5.41, 5.74) is -6.05. The van der Waals surface area contributed by atoms with Crippen molar-refractivity contribution < 1.29 is 36.2 Å². The highest BCUT2D eigenvalue weighted by molar-refractivity contribution is 8.00. The van der Waals surface area contributed by atoms with Crippen LogP contribution in [0.15, 0.2) is 17.0 Å². The molecule has 0 aliphatic carbocycles. The van der Waals surface area contributed by atoms with Gasteiger partial charge in [0.05, 0.1) is 17.6 Å². The molecule has 0 aliphatic rings. The smallest absolute Gasteiger partial charge is 0.446 e. The summed E-state index contributed by atoms with van der Waals surface area (Å²) in [7, 11) is 0.920. The summed E-state index contributed by atoms with van der Waals surface area (Å²) < 4.78 is 70.5. The van der Waals surface area contributed by atoms with Crippen LogP contribution >= 0.6 is 11.8 Å². The fourth-order valence-electron chi connectivity index (χ4n) is 1.34. The van der Waals surface area contributed by atoms with Crippen molar-refractivity contribution >= 4 is 17.7 Å². The molecule has 0 saturated carbocycles. The predicted molar refractivity (Wildman–Crippen MR) is 61.0 cm³/mol. The van der Waals surface area contributed by atoms with E-state index < -0.39 is 51.6 Å². The third-order valence-electron chi connectivity index (χ3n) is 2.06. The van der Waals surface area contributed by atoms with Crippen molar-refractivity contribution in [3.05, 3.63) is 23.3 Å². The van der Waals surface area contributed by atoms with E-state index in [1.165, 1.54) is 6.07 Å². The third-order valence-corrected chi connectivity index (χ3v) is 2.90. The van der Waals surface area contributed by atoms with Crippen LogP contribution in [0.4, 0.5) is 22.0 Å². The standard InChI is InChI=1S/C11H6F5NO3S/c1-19-9(18)6-3-2-5(4-17)8(21-11(14,15)16)7(6)20-10(12)13/h2-3,10H,1H3. The maximum absolute atomic E-state index is 12.5. The molecule has 0 bridgehead atoms. The molecular weight excluding hydrogens is 321 g/mol. The fourth-order valence-corrected chi connectivity index (χ4v) is 2.05. The molecule has 0 fully saturated rings. The molecular formula is C11H6F5NO3S. The van der Waals surface area contributed by atoms with Crippen LogP contribution in [-0.4, -0.2) is 25.2 Å². The van der Waals surface area contributed by atoms with Gasteiger partial charge in [0.25, 0.3) is 0 Å². The van der Waals surface area contributed by atoms with Crippen molar-refractivity contribution in [1.82, 2.24) is 0 Å². The van der Waals surface area contributed by atoms with Gasteiger partial charge in [-0.2, -0.15) is 27.2 Å². The van der Waals surface area contributed by atoms with Gasteiger partial charge >= 0.3 is 18.1 Å². The molecule has 1 rings (SSSR count). The molecule has 0 aliphatic heterocycles. The maximum Gasteiger partial charge on any atom is 0.446 e. The highest BCUT2D eigenvalue weighted by atomic mass is 32.2. The van der Waals surface area contributed by atoms with Gasteiger partial charge in [0.1, 0.15) is 11.6 Å². The Kier molecular flexibility index (Phi) is 5.37. The van der Waals surface area contributed by atoms with Crippen molar-refractivity contribution in [1.29, 1.82) is 5.26 Å². The zero-order chi connectivity index (χ0) is 16.2. The van der Waals surface area contributed by atoms with Gasteiger partial charge in [-0.3, -0.25) is 0 Å². The van der Waals surface area contributed by atoms with E-state index in [0.29, 0.717) is 0 Å². The number of methoxy groups -OCH3 is 1. The molecule has 1 aromatic rings. The second-order valence-corrected chi connectivity index (χ2v) is 4.42. The van der Waals surface area contributed by atoms with E-state index in [2.05, 4.69) is 9.47 Å². The fraction of sp³-hybridized carbons (Fsp3) is 0.273. The molecule has 1 aromatic carbocycles. The Balaban J connectivity index is 3.53. The quantitative estimate of drug-likeness (QED) is 0.481. The number of ether oxygens (including phenoxy) is 2. The topological polar surface area (TPSA) is 59.3 Å². The van der Waals surface area contributed by atoms with Crippen LogP contribution in [0.3, 0.4) is 0 Å². The Morgan fingerprint density at radius 1 is 1.38 bits per heavy atom. The molecule has 0 aromatic heterocycles. The molecule has 0 atom stereocenters. The number of hydrogen-bond acceptors (Lipinski definition) is 5. The van der Waals surface area contributed by atoms with Crippen molar-refractivity contribution in [2.24, 2.45) is 0 Å². The first-order valence-electron chi connectivity index (χ1n) is 5.05. The van der Waals surface area contributed by atoms with Crippen molar-refractivity contribution in [2.75, 3.05) is 7.11 Å². The Labute approximate surface area is 119 Å². The minimum absolute atomic E-state index is 0.555. The largest absolute Gasteiger partial charge is 0.465 e. The summed E-state index contributed by atoms with van der Waals surface area (Å²) in [5.74, 6) is -2.21. The van der Waals surface area contributed by atoms with Gasteiger partial charge in [-0.1, -0.05) is 0 Å². The lowest BCUT2D eigenvalue weighted by Gasteiger charge is -2.16. The highest BCUT2D eigenvalue weighted by Crippen LogP contribution is 2.45. The molecule has 0 saturated heterocycles. The molecule has 0 unspecified atom stereocenters. The second kappa shape index (κ2) is 6.62. The minimum atomic E-state index is -4.86. The summed E-state index contributed by atoms with van der Waals surface area (Å²) in [6.45, 7) is -3.48. The van der Waals surface area contributed by atoms with Crippen LogP contribution in [0.1, 0.15) is 15.9 Å². The first-order chi connectivity index (χ1) is 9.69. The van der Waals surface area contributed by atoms with Gasteiger partial charge in [-0.15, -0.1) is 0 Å². The van der Waals surface area contributed by atoms with E-state index in [0.717, 1.165) is 19.2 Å². The minimum Gasteiger partial charge on any atom is -0.465 e. The number of carbonyl (C=O) groups is 1. The number of nitrogens with zero attached hydrogens (tertiary/aromatic N) is 1. The van der Waals surface area contributed by atoms with Crippen molar-refractivity contribution in [3.8, 4) is 11.8 Å². The van der Waals surface area contributed by atoms with E-state index in [9.17, 15) is 26.7 Å². The third kappa shape index (κ3) is 4.49. The molecule has 4 nitrogen and oxygen atoms in total. The van der Waals surface area contributed by atoms with E-state index >= 15 is 0 Å².